The second-order valence-corrected chi connectivity index (χ2v) is 9.02. The first kappa shape index (κ1) is 20.3. The average molecular weight is 387 g/mol. The van der Waals surface area contributed by atoms with Crippen molar-refractivity contribution in [3.63, 3.8) is 0 Å². The maximum atomic E-state index is 12.1. The number of rotatable bonds is 4. The van der Waals surface area contributed by atoms with Crippen LogP contribution in [0.2, 0.25) is 0 Å². The summed E-state index contributed by atoms with van der Waals surface area (Å²) in [6, 6.07) is 4.06. The van der Waals surface area contributed by atoms with Crippen molar-refractivity contribution in [3.05, 3.63) is 23.9 Å². The molecule has 1 aromatic rings. The van der Waals surface area contributed by atoms with Crippen molar-refractivity contribution < 1.29 is 19.5 Å². The first-order chi connectivity index (χ1) is 13.1. The van der Waals surface area contributed by atoms with E-state index in [-0.39, 0.29) is 41.5 Å². The predicted molar refractivity (Wildman–Crippen MR) is 105 cm³/mol. The number of aliphatic carboxylic acids is 1. The first-order valence-electron chi connectivity index (χ1n) is 9.93. The molecule has 7 heteroatoms. The molecule has 2 N–H and O–H groups in total. The van der Waals surface area contributed by atoms with Crippen molar-refractivity contribution >= 4 is 23.6 Å². The van der Waals surface area contributed by atoms with E-state index in [0.29, 0.717) is 12.8 Å². The molecule has 2 aliphatic heterocycles. The second-order valence-electron chi connectivity index (χ2n) is 9.02. The number of aromatic nitrogens is 1. The van der Waals surface area contributed by atoms with Crippen LogP contribution in [0.15, 0.2) is 18.3 Å². The minimum Gasteiger partial charge on any atom is -0.481 e. The lowest BCUT2D eigenvalue weighted by molar-refractivity contribution is -0.138. The van der Waals surface area contributed by atoms with Crippen LogP contribution in [-0.2, 0) is 14.4 Å². The fourth-order valence-electron chi connectivity index (χ4n) is 4.35. The van der Waals surface area contributed by atoms with E-state index < -0.39 is 5.97 Å². The third kappa shape index (κ3) is 4.51. The SMILES string of the molecule is CC(C)(C)C1CC(CC(=O)O)CCN1c1ccc(C2CCC(=O)NC2=O)cn1. The quantitative estimate of drug-likeness (QED) is 0.771. The number of hydrogen-bond acceptors (Lipinski definition) is 5. The summed E-state index contributed by atoms with van der Waals surface area (Å²) in [5, 5.41) is 11.5. The van der Waals surface area contributed by atoms with Gasteiger partial charge in [-0.25, -0.2) is 4.98 Å². The van der Waals surface area contributed by atoms with Crippen molar-refractivity contribution in [1.82, 2.24) is 10.3 Å². The van der Waals surface area contributed by atoms with E-state index in [9.17, 15) is 14.4 Å². The number of carbonyl (C=O) groups excluding carboxylic acids is 2. The highest BCUT2D eigenvalue weighted by molar-refractivity contribution is 6.00. The molecule has 0 aromatic carbocycles. The van der Waals surface area contributed by atoms with Gasteiger partial charge in [-0.3, -0.25) is 19.7 Å². The van der Waals surface area contributed by atoms with Gasteiger partial charge < -0.3 is 10.0 Å². The summed E-state index contributed by atoms with van der Waals surface area (Å²) >= 11 is 0. The lowest BCUT2D eigenvalue weighted by atomic mass is 9.76. The summed E-state index contributed by atoms with van der Waals surface area (Å²) in [5.41, 5.74) is 0.808. The molecule has 3 unspecified atom stereocenters. The van der Waals surface area contributed by atoms with Crippen LogP contribution in [0.25, 0.3) is 0 Å². The van der Waals surface area contributed by atoms with Crippen molar-refractivity contribution in [2.45, 2.75) is 64.8 Å². The predicted octanol–water partition coefficient (Wildman–Crippen LogP) is 2.71. The Kier molecular flexibility index (Phi) is 5.72. The van der Waals surface area contributed by atoms with E-state index in [1.807, 2.05) is 12.1 Å². The van der Waals surface area contributed by atoms with Crippen molar-refractivity contribution in [2.75, 3.05) is 11.4 Å². The first-order valence-corrected chi connectivity index (χ1v) is 9.93. The van der Waals surface area contributed by atoms with Crippen molar-refractivity contribution in [3.8, 4) is 0 Å². The van der Waals surface area contributed by atoms with Crippen LogP contribution in [0.4, 0.5) is 5.82 Å². The van der Waals surface area contributed by atoms with Gasteiger partial charge >= 0.3 is 5.97 Å². The zero-order valence-corrected chi connectivity index (χ0v) is 16.8. The van der Waals surface area contributed by atoms with E-state index in [2.05, 4.69) is 36.0 Å². The molecule has 28 heavy (non-hydrogen) atoms. The van der Waals surface area contributed by atoms with Crippen LogP contribution in [0.1, 0.15) is 64.4 Å². The number of nitrogens with zero attached hydrogens (tertiary/aromatic N) is 2. The van der Waals surface area contributed by atoms with Crippen LogP contribution in [0, 0.1) is 11.3 Å². The van der Waals surface area contributed by atoms with Crippen LogP contribution < -0.4 is 10.2 Å². The summed E-state index contributed by atoms with van der Waals surface area (Å²) in [5.74, 6) is -0.516. The lowest BCUT2D eigenvalue weighted by Crippen LogP contribution is -2.50. The van der Waals surface area contributed by atoms with Crippen LogP contribution in [-0.4, -0.2) is 40.5 Å². The third-order valence-electron chi connectivity index (χ3n) is 5.88. The lowest BCUT2D eigenvalue weighted by Gasteiger charge is -2.46. The molecule has 0 spiro atoms. The zero-order valence-electron chi connectivity index (χ0n) is 16.8. The van der Waals surface area contributed by atoms with E-state index in [1.54, 1.807) is 6.20 Å². The maximum Gasteiger partial charge on any atom is 0.303 e. The maximum absolute atomic E-state index is 12.1. The number of carbonyl (C=O) groups is 3. The summed E-state index contributed by atoms with van der Waals surface area (Å²) in [4.78, 5) is 41.5. The Labute approximate surface area is 165 Å². The van der Waals surface area contributed by atoms with E-state index in [1.165, 1.54) is 0 Å². The number of amides is 2. The number of pyridine rings is 1. The second kappa shape index (κ2) is 7.89. The van der Waals surface area contributed by atoms with Gasteiger partial charge in [0.25, 0.3) is 0 Å². The molecule has 1 aromatic heterocycles. The largest absolute Gasteiger partial charge is 0.481 e. The highest BCUT2D eigenvalue weighted by Gasteiger charge is 2.37. The van der Waals surface area contributed by atoms with Gasteiger partial charge in [0.05, 0.1) is 5.92 Å². The Morgan fingerprint density at radius 1 is 1.29 bits per heavy atom. The molecule has 7 nitrogen and oxygen atoms in total. The number of piperidine rings is 2. The molecular formula is C21H29N3O4. The van der Waals surface area contributed by atoms with Gasteiger partial charge in [-0.05, 0) is 42.2 Å². The van der Waals surface area contributed by atoms with Gasteiger partial charge in [0.15, 0.2) is 0 Å². The van der Waals surface area contributed by atoms with Gasteiger partial charge in [0, 0.05) is 31.6 Å². The van der Waals surface area contributed by atoms with E-state index >= 15 is 0 Å². The Bertz CT molecular complexity index is 754. The molecule has 0 bridgehead atoms. The number of imide groups is 1. The van der Waals surface area contributed by atoms with Gasteiger partial charge in [0.1, 0.15) is 5.82 Å². The molecule has 3 atom stereocenters. The third-order valence-corrected chi connectivity index (χ3v) is 5.88. The Balaban J connectivity index is 1.77. The Hall–Kier alpha value is -2.44. The number of hydrogen-bond donors (Lipinski definition) is 2. The van der Waals surface area contributed by atoms with E-state index in [0.717, 1.165) is 30.8 Å². The fourth-order valence-corrected chi connectivity index (χ4v) is 4.35. The molecule has 152 valence electrons. The molecule has 3 heterocycles. The van der Waals surface area contributed by atoms with Crippen LogP contribution in [0.5, 0.6) is 0 Å². The summed E-state index contributed by atoms with van der Waals surface area (Å²) in [6.07, 6.45) is 4.46. The molecule has 0 aliphatic carbocycles. The number of carboxylic acid groups (broad SMARTS) is 1. The highest BCUT2D eigenvalue weighted by atomic mass is 16.4. The van der Waals surface area contributed by atoms with Crippen LogP contribution in [0.3, 0.4) is 0 Å². The van der Waals surface area contributed by atoms with Gasteiger partial charge in [-0.2, -0.15) is 0 Å². The summed E-state index contributed by atoms with van der Waals surface area (Å²) in [7, 11) is 0. The number of anilines is 1. The average Bonchev–Trinajstić information content (AvgIpc) is 2.61. The number of carboxylic acids is 1. The molecule has 2 saturated heterocycles. The minimum absolute atomic E-state index is 0.0128. The van der Waals surface area contributed by atoms with Gasteiger partial charge in [-0.1, -0.05) is 26.8 Å². The standard InChI is InChI=1S/C21H29N3O4/c1-21(2,3)16-10-13(11-19(26)27)8-9-24(16)17-6-4-14(12-22-17)15-5-7-18(25)23-20(15)28/h4,6,12-13,15-16H,5,7-11H2,1-3H3,(H,26,27)(H,23,25,28). The molecule has 0 radical (unpaired) electrons. The highest BCUT2D eigenvalue weighted by Crippen LogP contribution is 2.38. The fraction of sp³-hybridized carbons (Fsp3) is 0.619. The van der Waals surface area contributed by atoms with Crippen LogP contribution >= 0.6 is 0 Å². The molecule has 2 fully saturated rings. The molecule has 2 amide bonds. The monoisotopic (exact) mass is 387 g/mol. The molecular weight excluding hydrogens is 358 g/mol. The van der Waals surface area contributed by atoms with Crippen molar-refractivity contribution in [1.29, 1.82) is 0 Å². The summed E-state index contributed by atoms with van der Waals surface area (Å²) in [6.45, 7) is 7.29. The topological polar surface area (TPSA) is 99.6 Å². The Morgan fingerprint density at radius 2 is 2.04 bits per heavy atom. The van der Waals surface area contributed by atoms with E-state index in [4.69, 9.17) is 5.11 Å². The molecule has 3 rings (SSSR count). The smallest absolute Gasteiger partial charge is 0.303 e. The molecule has 0 saturated carbocycles. The normalized spacial score (nSPS) is 26.1. The zero-order chi connectivity index (χ0) is 20.5. The number of nitrogens with one attached hydrogen (secondary N) is 1. The Morgan fingerprint density at radius 3 is 2.61 bits per heavy atom. The summed E-state index contributed by atoms with van der Waals surface area (Å²) < 4.78 is 0. The van der Waals surface area contributed by atoms with Crippen molar-refractivity contribution in [2.24, 2.45) is 11.3 Å². The molecule has 2 aliphatic rings. The van der Waals surface area contributed by atoms with Gasteiger partial charge in [0.2, 0.25) is 11.8 Å². The minimum atomic E-state index is -0.738. The van der Waals surface area contributed by atoms with Gasteiger partial charge in [-0.15, -0.1) is 0 Å².